The van der Waals surface area contributed by atoms with E-state index in [-0.39, 0.29) is 11.5 Å². The van der Waals surface area contributed by atoms with Crippen molar-refractivity contribution in [2.45, 2.75) is 25.9 Å². The molecule has 1 atom stereocenters. The molecule has 7 heteroatoms. The zero-order valence-corrected chi connectivity index (χ0v) is 11.1. The van der Waals surface area contributed by atoms with E-state index in [1.165, 1.54) is 6.33 Å². The number of alkyl halides is 1. The zero-order valence-electron chi connectivity index (χ0n) is 9.54. The van der Waals surface area contributed by atoms with Crippen LogP contribution in [0.25, 0.3) is 0 Å². The van der Waals surface area contributed by atoms with E-state index in [1.807, 2.05) is 0 Å². The van der Waals surface area contributed by atoms with E-state index in [9.17, 15) is 9.50 Å². The molecule has 2 N–H and O–H groups in total. The third-order valence-corrected chi connectivity index (χ3v) is 3.58. The third-order valence-electron chi connectivity index (χ3n) is 2.83. The maximum atomic E-state index is 13.1. The lowest BCUT2D eigenvalue weighted by Gasteiger charge is -2.40. The molecule has 0 bridgehead atoms. The van der Waals surface area contributed by atoms with Crippen LogP contribution >= 0.6 is 23.2 Å². The van der Waals surface area contributed by atoms with Crippen LogP contribution in [-0.4, -0.2) is 32.6 Å². The van der Waals surface area contributed by atoms with Crippen LogP contribution < -0.4 is 0 Å². The second-order valence-corrected chi connectivity index (χ2v) is 5.07. The molecule has 1 heterocycles. The summed E-state index contributed by atoms with van der Waals surface area (Å²) in [7, 11) is 0. The average Bonchev–Trinajstić information content (AvgIpc) is 2.80. The predicted octanol–water partition coefficient (Wildman–Crippen LogP) is 2.39. The minimum atomic E-state index is -1.63. The van der Waals surface area contributed by atoms with Gasteiger partial charge in [0.25, 0.3) is 0 Å². The molecule has 0 aliphatic carbocycles. The van der Waals surface area contributed by atoms with E-state index in [0.29, 0.717) is 5.82 Å². The number of aromatic amines is 1. The molecule has 0 fully saturated rings. The summed E-state index contributed by atoms with van der Waals surface area (Å²) in [6.07, 6.45) is 1.31. The highest BCUT2D eigenvalue weighted by Gasteiger charge is 2.47. The Morgan fingerprint density at radius 1 is 1.65 bits per heavy atom. The Hall–Kier alpha value is -0.650. The SMILES string of the molecule is CC(C)(CF)C(O)(Cc1ncn[nH]1)C(Cl)=CCl. The molecule has 4 nitrogen and oxygen atoms in total. The summed E-state index contributed by atoms with van der Waals surface area (Å²) < 4.78 is 13.1. The van der Waals surface area contributed by atoms with E-state index in [2.05, 4.69) is 15.2 Å². The molecule has 1 aromatic rings. The first-order valence-electron chi connectivity index (χ1n) is 4.96. The molecule has 0 amide bonds. The van der Waals surface area contributed by atoms with E-state index in [1.54, 1.807) is 13.8 Å². The van der Waals surface area contributed by atoms with E-state index >= 15 is 0 Å². The highest BCUT2D eigenvalue weighted by molar-refractivity contribution is 6.37. The quantitative estimate of drug-likeness (QED) is 0.871. The Bertz CT molecular complexity index is 394. The number of nitrogens with zero attached hydrogens (tertiary/aromatic N) is 2. The maximum absolute atomic E-state index is 13.1. The van der Waals surface area contributed by atoms with Crippen LogP contribution in [0.2, 0.25) is 0 Å². The molecule has 1 rings (SSSR count). The first-order valence-corrected chi connectivity index (χ1v) is 5.78. The highest BCUT2D eigenvalue weighted by atomic mass is 35.5. The lowest BCUT2D eigenvalue weighted by Crippen LogP contribution is -2.48. The number of hydrogen-bond acceptors (Lipinski definition) is 3. The van der Waals surface area contributed by atoms with Gasteiger partial charge >= 0.3 is 0 Å². The van der Waals surface area contributed by atoms with Gasteiger partial charge in [-0.3, -0.25) is 9.49 Å². The lowest BCUT2D eigenvalue weighted by molar-refractivity contribution is -0.0416. The van der Waals surface area contributed by atoms with E-state index in [0.717, 1.165) is 5.54 Å². The second-order valence-electron chi connectivity index (χ2n) is 4.44. The molecular formula is C10H14Cl2FN3O. The zero-order chi connectivity index (χ0) is 13.1. The molecular weight excluding hydrogens is 268 g/mol. The van der Waals surface area contributed by atoms with Gasteiger partial charge in [-0.25, -0.2) is 4.98 Å². The Kier molecular flexibility index (Phi) is 4.52. The molecule has 96 valence electrons. The van der Waals surface area contributed by atoms with Crippen LogP contribution in [0.5, 0.6) is 0 Å². The van der Waals surface area contributed by atoms with Crippen LogP contribution in [0.3, 0.4) is 0 Å². The van der Waals surface area contributed by atoms with Crippen molar-refractivity contribution >= 4 is 23.2 Å². The molecule has 17 heavy (non-hydrogen) atoms. The van der Waals surface area contributed by atoms with E-state index in [4.69, 9.17) is 23.2 Å². The number of halogens is 3. The lowest BCUT2D eigenvalue weighted by atomic mass is 9.73. The third kappa shape index (κ3) is 2.78. The molecule has 1 aromatic heterocycles. The number of hydrogen-bond donors (Lipinski definition) is 2. The van der Waals surface area contributed by atoms with Gasteiger partial charge in [-0.1, -0.05) is 37.0 Å². The van der Waals surface area contributed by atoms with E-state index < -0.39 is 17.7 Å². The second kappa shape index (κ2) is 5.33. The number of aromatic nitrogens is 3. The Morgan fingerprint density at radius 2 is 2.29 bits per heavy atom. The first kappa shape index (κ1) is 14.4. The van der Waals surface area contributed by atoms with Gasteiger partial charge in [0.15, 0.2) is 0 Å². The minimum Gasteiger partial charge on any atom is -0.383 e. The monoisotopic (exact) mass is 281 g/mol. The van der Waals surface area contributed by atoms with Gasteiger partial charge in [0.2, 0.25) is 0 Å². The van der Waals surface area contributed by atoms with Crippen LogP contribution in [0, 0.1) is 5.41 Å². The summed E-state index contributed by atoms with van der Waals surface area (Å²) in [6, 6.07) is 0. The normalized spacial score (nSPS) is 16.9. The molecule has 0 radical (unpaired) electrons. The van der Waals surface area contributed by atoms with Gasteiger partial charge in [0, 0.05) is 17.4 Å². The minimum absolute atomic E-state index is 0.00593. The van der Waals surface area contributed by atoms with Crippen LogP contribution in [0.15, 0.2) is 16.9 Å². The van der Waals surface area contributed by atoms with Crippen molar-refractivity contribution in [3.05, 3.63) is 22.7 Å². The molecule has 0 aliphatic rings. The smallest absolute Gasteiger partial charge is 0.137 e. The van der Waals surface area contributed by atoms with Gasteiger partial charge in [-0.15, -0.1) is 0 Å². The van der Waals surface area contributed by atoms with Crippen molar-refractivity contribution in [2.75, 3.05) is 6.67 Å². The van der Waals surface area contributed by atoms with Gasteiger partial charge < -0.3 is 5.11 Å². The van der Waals surface area contributed by atoms with Crippen LogP contribution in [0.1, 0.15) is 19.7 Å². The molecule has 0 aromatic carbocycles. The summed E-state index contributed by atoms with van der Waals surface area (Å²) in [5.41, 5.74) is -1.69. The van der Waals surface area contributed by atoms with Crippen LogP contribution in [0.4, 0.5) is 4.39 Å². The van der Waals surface area contributed by atoms with Crippen molar-refractivity contribution in [1.82, 2.24) is 15.2 Å². The van der Waals surface area contributed by atoms with Gasteiger partial charge in [0.1, 0.15) is 17.8 Å². The fourth-order valence-electron chi connectivity index (χ4n) is 1.41. The summed E-state index contributed by atoms with van der Waals surface area (Å²) in [4.78, 5) is 3.89. The van der Waals surface area contributed by atoms with Crippen molar-refractivity contribution in [3.63, 3.8) is 0 Å². The van der Waals surface area contributed by atoms with Gasteiger partial charge in [-0.2, -0.15) is 5.10 Å². The standard InChI is InChI=1S/C10H14Cl2FN3O/c1-9(2,5-13)10(17,7(12)4-11)3-8-14-6-15-16-8/h4,6,17H,3,5H2,1-2H3,(H,14,15,16). The number of nitrogens with one attached hydrogen (secondary N) is 1. The highest BCUT2D eigenvalue weighted by Crippen LogP contribution is 2.41. The molecule has 0 saturated carbocycles. The summed E-state index contributed by atoms with van der Waals surface area (Å²) in [6.45, 7) is 2.37. The number of H-pyrrole nitrogens is 1. The summed E-state index contributed by atoms with van der Waals surface area (Å²) in [5, 5.41) is 16.8. The Morgan fingerprint density at radius 3 is 2.71 bits per heavy atom. The first-order chi connectivity index (χ1) is 7.87. The van der Waals surface area contributed by atoms with Crippen molar-refractivity contribution < 1.29 is 9.50 Å². The predicted molar refractivity (Wildman–Crippen MR) is 64.6 cm³/mol. The molecule has 1 unspecified atom stereocenters. The van der Waals surface area contributed by atoms with Gasteiger partial charge in [-0.05, 0) is 0 Å². The van der Waals surface area contributed by atoms with Gasteiger partial charge in [0.05, 0.1) is 11.7 Å². The van der Waals surface area contributed by atoms with Crippen molar-refractivity contribution in [1.29, 1.82) is 0 Å². The number of aliphatic hydroxyl groups is 1. The fourth-order valence-corrected chi connectivity index (χ4v) is 1.91. The summed E-state index contributed by atoms with van der Waals surface area (Å²) >= 11 is 11.4. The maximum Gasteiger partial charge on any atom is 0.137 e. The molecule has 0 saturated heterocycles. The Balaban J connectivity index is 3.11. The van der Waals surface area contributed by atoms with Crippen LogP contribution in [-0.2, 0) is 6.42 Å². The summed E-state index contributed by atoms with van der Waals surface area (Å²) in [5.74, 6) is 0.408. The number of rotatable bonds is 5. The largest absolute Gasteiger partial charge is 0.383 e. The Labute approximate surface area is 109 Å². The molecule has 0 spiro atoms. The van der Waals surface area contributed by atoms with Crippen molar-refractivity contribution in [2.24, 2.45) is 5.41 Å². The fraction of sp³-hybridized carbons (Fsp3) is 0.600. The van der Waals surface area contributed by atoms with Crippen molar-refractivity contribution in [3.8, 4) is 0 Å². The average molecular weight is 282 g/mol. The topological polar surface area (TPSA) is 61.8 Å². The molecule has 0 aliphatic heterocycles.